The molecule has 1 heterocycles. The molecule has 0 aromatic heterocycles. The Kier molecular flexibility index (Phi) is 6.86. The highest BCUT2D eigenvalue weighted by molar-refractivity contribution is 5.90. The van der Waals surface area contributed by atoms with Crippen LogP contribution in [0.1, 0.15) is 11.7 Å². The second-order valence-corrected chi connectivity index (χ2v) is 6.95. The molecule has 0 fully saturated rings. The lowest BCUT2D eigenvalue weighted by molar-refractivity contribution is 0.195. The summed E-state index contributed by atoms with van der Waals surface area (Å²) in [6.07, 6.45) is -1.09. The van der Waals surface area contributed by atoms with Gasteiger partial charge in [-0.2, -0.15) is 0 Å². The Bertz CT molecular complexity index is 1180. The highest BCUT2D eigenvalue weighted by Crippen LogP contribution is 2.41. The number of nitrogens with zero attached hydrogens (tertiary/aromatic N) is 3. The normalized spacial score (nSPS) is 14.6. The molecule has 0 radical (unpaired) electrons. The van der Waals surface area contributed by atoms with Gasteiger partial charge >= 0.3 is 12.1 Å². The van der Waals surface area contributed by atoms with Crippen LogP contribution in [0.25, 0.3) is 10.8 Å². The molecule has 0 spiro atoms. The number of aliphatic hydroxyl groups excluding tert-OH is 1. The molecule has 4 rings (SSSR count). The fourth-order valence-corrected chi connectivity index (χ4v) is 3.25. The number of aromatic hydroxyl groups is 1. The lowest BCUT2D eigenvalue weighted by Gasteiger charge is -2.11. The van der Waals surface area contributed by atoms with Gasteiger partial charge in [-0.15, -0.1) is 5.11 Å². The van der Waals surface area contributed by atoms with Crippen molar-refractivity contribution in [3.63, 3.8) is 0 Å². The van der Waals surface area contributed by atoms with E-state index in [2.05, 4.69) is 15.5 Å². The van der Waals surface area contributed by atoms with Crippen molar-refractivity contribution < 1.29 is 24.5 Å². The molecule has 3 amide bonds. The number of nitrogens with one attached hydrogen (secondary N) is 1. The quantitative estimate of drug-likeness (QED) is 0.450. The fraction of sp³-hybridized carbons (Fsp3) is 0.182. The number of β-amino-alcohol motifs (C(OH)–C–C–N with tert-alkyl or cyclic N) is 1. The maximum absolute atomic E-state index is 11.1. The van der Waals surface area contributed by atoms with E-state index >= 15 is 0 Å². The van der Waals surface area contributed by atoms with Gasteiger partial charge in [0.15, 0.2) is 0 Å². The third-order valence-corrected chi connectivity index (χ3v) is 4.75. The molecule has 3 aromatic rings. The van der Waals surface area contributed by atoms with Crippen molar-refractivity contribution in [1.82, 2.24) is 5.32 Å². The van der Waals surface area contributed by atoms with Crippen LogP contribution in [0.15, 0.2) is 64.8 Å². The molecule has 0 saturated heterocycles. The zero-order valence-electron chi connectivity index (χ0n) is 17.5. The number of carbonyl (C=O) groups excluding carboxylic acids is 2. The fourth-order valence-electron chi connectivity index (χ4n) is 3.25. The van der Waals surface area contributed by atoms with Crippen molar-refractivity contribution in [3.05, 3.63) is 60.2 Å². The van der Waals surface area contributed by atoms with Crippen LogP contribution in [0.5, 0.6) is 11.5 Å². The van der Waals surface area contributed by atoms with E-state index in [-0.39, 0.29) is 11.4 Å². The summed E-state index contributed by atoms with van der Waals surface area (Å²) in [6, 6.07) is 15.4. The highest BCUT2D eigenvalue weighted by atomic mass is 16.6. The van der Waals surface area contributed by atoms with Gasteiger partial charge in [-0.3, -0.25) is 0 Å². The van der Waals surface area contributed by atoms with Crippen molar-refractivity contribution in [3.8, 4) is 11.5 Å². The lowest BCUT2D eigenvalue weighted by atomic mass is 10.1. The smallest absolute Gasteiger partial charge is 0.412 e. The highest BCUT2D eigenvalue weighted by Gasteiger charge is 2.26. The molecular weight excluding hydrogens is 414 g/mol. The lowest BCUT2D eigenvalue weighted by Crippen LogP contribution is -2.22. The van der Waals surface area contributed by atoms with Crippen LogP contribution in [-0.2, 0) is 0 Å². The predicted octanol–water partition coefficient (Wildman–Crippen LogP) is 3.60. The second kappa shape index (κ2) is 9.75. The number of phenols is 1. The number of amides is 3. The van der Waals surface area contributed by atoms with Gasteiger partial charge in [-0.25, -0.2) is 9.59 Å². The van der Waals surface area contributed by atoms with E-state index in [0.717, 1.165) is 16.5 Å². The summed E-state index contributed by atoms with van der Waals surface area (Å²) >= 11 is 0. The number of nitrogens with two attached hydrogens (primary N) is 1. The number of fused-ring (bicyclic) bond motifs is 2. The van der Waals surface area contributed by atoms with Crippen LogP contribution < -0.4 is 20.7 Å². The molecule has 1 aliphatic rings. The van der Waals surface area contributed by atoms with Crippen molar-refractivity contribution in [2.75, 3.05) is 25.5 Å². The van der Waals surface area contributed by atoms with Crippen molar-refractivity contribution in [1.29, 1.82) is 0 Å². The van der Waals surface area contributed by atoms with E-state index in [9.17, 15) is 19.8 Å². The number of aliphatic hydroxyl groups is 1. The summed E-state index contributed by atoms with van der Waals surface area (Å²) in [5.41, 5.74) is 6.29. The van der Waals surface area contributed by atoms with E-state index in [1.807, 2.05) is 41.3 Å². The molecule has 0 saturated carbocycles. The summed E-state index contributed by atoms with van der Waals surface area (Å²) in [5.74, 6) is 0.460. The second-order valence-electron chi connectivity index (χ2n) is 6.95. The van der Waals surface area contributed by atoms with E-state index in [0.29, 0.717) is 17.9 Å². The van der Waals surface area contributed by atoms with Gasteiger partial charge in [0.25, 0.3) is 0 Å². The molecule has 5 N–H and O–H groups in total. The maximum Gasteiger partial charge on any atom is 0.412 e. The first-order chi connectivity index (χ1) is 15.3. The Hall–Kier alpha value is -4.18. The van der Waals surface area contributed by atoms with Crippen LogP contribution >= 0.6 is 0 Å². The van der Waals surface area contributed by atoms with Gasteiger partial charge in [0.1, 0.15) is 17.2 Å². The van der Waals surface area contributed by atoms with Crippen molar-refractivity contribution >= 4 is 34.3 Å². The number of phenolic OH excluding ortho intramolecular Hbond substituents is 1. The SMILES string of the molecule is CN1CC(O)c2cc(N=NC(N)=O)c(O)cc21.CNC(=O)Oc1cccc2ccccc12. The van der Waals surface area contributed by atoms with Crippen LogP contribution in [-0.4, -0.2) is 43.0 Å². The Morgan fingerprint density at radius 2 is 1.91 bits per heavy atom. The first-order valence-electron chi connectivity index (χ1n) is 9.64. The Morgan fingerprint density at radius 1 is 1.19 bits per heavy atom. The molecule has 10 heteroatoms. The first-order valence-corrected chi connectivity index (χ1v) is 9.64. The van der Waals surface area contributed by atoms with Crippen LogP contribution in [0.4, 0.5) is 21.0 Å². The Morgan fingerprint density at radius 3 is 2.62 bits per heavy atom. The first kappa shape index (κ1) is 22.5. The Balaban J connectivity index is 0.000000182. The molecular formula is C22H23N5O5. The zero-order chi connectivity index (χ0) is 23.3. The summed E-state index contributed by atoms with van der Waals surface area (Å²) in [4.78, 5) is 23.4. The van der Waals surface area contributed by atoms with Crippen LogP contribution in [0.2, 0.25) is 0 Å². The minimum absolute atomic E-state index is 0.108. The molecule has 10 nitrogen and oxygen atoms in total. The summed E-state index contributed by atoms with van der Waals surface area (Å²) < 4.78 is 5.13. The van der Waals surface area contributed by atoms with Crippen molar-refractivity contribution in [2.24, 2.45) is 16.0 Å². The maximum atomic E-state index is 11.1. The molecule has 166 valence electrons. The van der Waals surface area contributed by atoms with Gasteiger partial charge < -0.3 is 30.9 Å². The van der Waals surface area contributed by atoms with Gasteiger partial charge in [0, 0.05) is 43.3 Å². The minimum Gasteiger partial charge on any atom is -0.506 e. The number of hydrogen-bond donors (Lipinski definition) is 4. The summed E-state index contributed by atoms with van der Waals surface area (Å²) in [6.45, 7) is 0.450. The monoisotopic (exact) mass is 437 g/mol. The van der Waals surface area contributed by atoms with Gasteiger partial charge in [-0.05, 0) is 17.5 Å². The summed E-state index contributed by atoms with van der Waals surface area (Å²) in [7, 11) is 3.34. The number of primary amides is 1. The average Bonchev–Trinajstić information content (AvgIpc) is 3.05. The van der Waals surface area contributed by atoms with Gasteiger partial charge in [-0.1, -0.05) is 41.5 Å². The van der Waals surface area contributed by atoms with Crippen LogP contribution in [0.3, 0.4) is 0 Å². The summed E-state index contributed by atoms with van der Waals surface area (Å²) in [5, 5.41) is 30.5. The van der Waals surface area contributed by atoms with E-state index in [4.69, 9.17) is 10.5 Å². The largest absolute Gasteiger partial charge is 0.506 e. The number of likely N-dealkylation sites (N-methyl/N-ethyl adjacent to an activating group) is 1. The molecule has 3 aromatic carbocycles. The van der Waals surface area contributed by atoms with Crippen LogP contribution in [0, 0.1) is 0 Å². The number of anilines is 1. The predicted molar refractivity (Wildman–Crippen MR) is 119 cm³/mol. The number of rotatable bonds is 2. The molecule has 32 heavy (non-hydrogen) atoms. The third-order valence-electron chi connectivity index (χ3n) is 4.75. The number of benzene rings is 3. The number of urea groups is 1. The topological polar surface area (TPSA) is 150 Å². The number of hydrogen-bond acceptors (Lipinski definition) is 7. The van der Waals surface area contributed by atoms with E-state index in [1.165, 1.54) is 19.2 Å². The number of azo groups is 1. The van der Waals surface area contributed by atoms with E-state index < -0.39 is 18.2 Å². The Labute approximate surface area is 183 Å². The average molecular weight is 437 g/mol. The standard InChI is InChI=1S/C12H11NO2.C10H12N4O3/c1-13-12(14)15-11-8-4-6-9-5-2-3-7-10(9)11;1-14-4-9(16)5-2-6(12-13-10(11)17)8(15)3-7(5)14/h2-8H,1H3,(H,13,14);2-3,9,15-16H,4H2,1H3,(H2,11,17). The third kappa shape index (κ3) is 5.10. The molecule has 1 atom stereocenters. The van der Waals surface area contributed by atoms with E-state index in [1.54, 1.807) is 13.1 Å². The number of carbonyl (C=O) groups is 2. The molecule has 1 aliphatic heterocycles. The van der Waals surface area contributed by atoms with Gasteiger partial charge in [0.05, 0.1) is 6.10 Å². The van der Waals surface area contributed by atoms with Gasteiger partial charge in [0.2, 0.25) is 0 Å². The number of ether oxygens (including phenoxy) is 1. The zero-order valence-corrected chi connectivity index (χ0v) is 17.5. The minimum atomic E-state index is -0.942. The molecule has 0 bridgehead atoms. The molecule has 1 unspecified atom stereocenters. The van der Waals surface area contributed by atoms with Crippen molar-refractivity contribution in [2.45, 2.75) is 6.10 Å². The molecule has 0 aliphatic carbocycles.